The van der Waals surface area contributed by atoms with E-state index >= 15 is 0 Å². The number of esters is 1. The highest BCUT2D eigenvalue weighted by Gasteiger charge is 2.66. The Morgan fingerprint density at radius 3 is 2.34 bits per heavy atom. The van der Waals surface area contributed by atoms with E-state index < -0.39 is 0 Å². The van der Waals surface area contributed by atoms with Gasteiger partial charge in [0.05, 0.1) is 17.5 Å². The minimum atomic E-state index is -0.281. The summed E-state index contributed by atoms with van der Waals surface area (Å²) in [5, 5.41) is 0. The van der Waals surface area contributed by atoms with E-state index in [1.807, 2.05) is 0 Å². The van der Waals surface area contributed by atoms with Gasteiger partial charge < -0.3 is 4.74 Å². The van der Waals surface area contributed by atoms with Gasteiger partial charge >= 0.3 is 5.97 Å². The number of carbonyl (C=O) groups is 3. The molecule has 6 atom stereocenters. The average Bonchev–Trinajstić information content (AvgIpc) is 3.30. The third-order valence-electron chi connectivity index (χ3n) is 6.53. The number of alkyl halides is 2. The summed E-state index contributed by atoms with van der Waals surface area (Å²) >= 11 is 7.41. The lowest BCUT2D eigenvalue weighted by molar-refractivity contribution is -0.134. The topological polar surface area (TPSA) is 63.7 Å². The Morgan fingerprint density at radius 2 is 1.72 bits per heavy atom. The van der Waals surface area contributed by atoms with Gasteiger partial charge in [-0.25, -0.2) is 4.90 Å². The predicted octanol–water partition coefficient (Wildman–Crippen LogP) is 4.84. The molecule has 1 saturated heterocycles. The van der Waals surface area contributed by atoms with E-state index in [9.17, 15) is 14.4 Å². The second kappa shape index (κ2) is 8.50. The first-order valence-electron chi connectivity index (χ1n) is 10.4. The Balaban J connectivity index is 1.47. The van der Waals surface area contributed by atoms with Gasteiger partial charge in [-0.15, -0.1) is 0 Å². The molecule has 2 bridgehead atoms. The molecule has 1 heterocycles. The molecule has 0 N–H and O–H groups in total. The van der Waals surface area contributed by atoms with Crippen LogP contribution in [0.5, 0.6) is 5.75 Å². The lowest BCUT2D eigenvalue weighted by atomic mass is 9.81. The molecule has 2 amide bonds. The Labute approximate surface area is 187 Å². The molecule has 3 aliphatic rings. The molecular formula is C22H25Br2NO4. The van der Waals surface area contributed by atoms with E-state index in [0.717, 1.165) is 32.1 Å². The van der Waals surface area contributed by atoms with Crippen molar-refractivity contribution in [2.75, 3.05) is 4.90 Å². The van der Waals surface area contributed by atoms with Crippen LogP contribution in [0.1, 0.15) is 45.4 Å². The van der Waals surface area contributed by atoms with Crippen LogP contribution in [0.25, 0.3) is 0 Å². The van der Waals surface area contributed by atoms with Crippen molar-refractivity contribution in [1.29, 1.82) is 0 Å². The first kappa shape index (κ1) is 21.0. The molecule has 29 heavy (non-hydrogen) atoms. The number of ether oxygens (including phenoxy) is 1. The van der Waals surface area contributed by atoms with E-state index in [1.54, 1.807) is 24.3 Å². The second-order valence-electron chi connectivity index (χ2n) is 8.30. The third kappa shape index (κ3) is 3.69. The molecule has 4 rings (SSSR count). The first-order chi connectivity index (χ1) is 13.9. The molecule has 7 heteroatoms. The molecule has 0 aromatic heterocycles. The van der Waals surface area contributed by atoms with Crippen LogP contribution in [0, 0.1) is 23.7 Å². The standard InChI is InChI=1S/C22H25Br2NO4/c1-2-3-4-5-9-16(26)29-13-8-6-7-12(10-13)25-21(27)17-14-11-15(18(17)22(25)28)20(24)19(14)23/h6-8,10,14-15,17-20H,2-5,9,11H2,1H3/t14-,15-,17-,18+,19-,20+/m0/s1. The molecule has 1 aliphatic heterocycles. The number of halogens is 2. The summed E-state index contributed by atoms with van der Waals surface area (Å²) in [5.74, 6) is -0.304. The SMILES string of the molecule is CCCCCCC(=O)Oc1cccc(N2C(=O)[C@@H]3[C@@H]4C[C@H]([C@H](Br)[C@@H]4Br)[C@@H]3C2=O)c1. The summed E-state index contributed by atoms with van der Waals surface area (Å²) in [5.41, 5.74) is 0.488. The highest BCUT2D eigenvalue weighted by Crippen LogP contribution is 2.60. The molecule has 1 aromatic rings. The van der Waals surface area contributed by atoms with Gasteiger partial charge in [0, 0.05) is 22.1 Å². The predicted molar refractivity (Wildman–Crippen MR) is 117 cm³/mol. The van der Waals surface area contributed by atoms with Crippen LogP contribution in [-0.2, 0) is 14.4 Å². The van der Waals surface area contributed by atoms with Crippen molar-refractivity contribution in [2.24, 2.45) is 23.7 Å². The molecular weight excluding hydrogens is 502 g/mol. The van der Waals surface area contributed by atoms with E-state index in [0.29, 0.717) is 17.9 Å². The number of benzene rings is 1. The number of hydrogen-bond acceptors (Lipinski definition) is 4. The number of carbonyl (C=O) groups excluding carboxylic acids is 3. The van der Waals surface area contributed by atoms with Crippen molar-refractivity contribution in [1.82, 2.24) is 0 Å². The molecule has 3 fully saturated rings. The normalized spacial score (nSPS) is 32.7. The molecule has 2 aliphatic carbocycles. The molecule has 0 spiro atoms. The van der Waals surface area contributed by atoms with Crippen molar-refractivity contribution < 1.29 is 19.1 Å². The van der Waals surface area contributed by atoms with Crippen LogP contribution in [0.15, 0.2) is 24.3 Å². The average molecular weight is 527 g/mol. The summed E-state index contributed by atoms with van der Waals surface area (Å²) in [4.78, 5) is 40.1. The maximum absolute atomic E-state index is 13.1. The highest BCUT2D eigenvalue weighted by molar-refractivity contribution is 9.12. The van der Waals surface area contributed by atoms with Gasteiger partial charge in [0.1, 0.15) is 5.75 Å². The Kier molecular flexibility index (Phi) is 6.17. The quantitative estimate of drug-likeness (QED) is 0.167. The number of hydrogen-bond donors (Lipinski definition) is 0. The van der Waals surface area contributed by atoms with Gasteiger partial charge in [0.25, 0.3) is 0 Å². The van der Waals surface area contributed by atoms with Crippen LogP contribution < -0.4 is 9.64 Å². The summed E-state index contributed by atoms with van der Waals surface area (Å²) in [6, 6.07) is 6.76. The van der Waals surface area contributed by atoms with Crippen LogP contribution in [-0.4, -0.2) is 27.4 Å². The van der Waals surface area contributed by atoms with Gasteiger partial charge in [-0.3, -0.25) is 14.4 Å². The molecule has 1 aromatic carbocycles. The fourth-order valence-electron chi connectivity index (χ4n) is 5.17. The lowest BCUT2D eigenvalue weighted by Gasteiger charge is -2.28. The number of rotatable bonds is 7. The molecule has 0 unspecified atom stereocenters. The maximum Gasteiger partial charge on any atom is 0.311 e. The van der Waals surface area contributed by atoms with E-state index in [-0.39, 0.29) is 51.1 Å². The van der Waals surface area contributed by atoms with Crippen molar-refractivity contribution >= 4 is 55.3 Å². The van der Waals surface area contributed by atoms with E-state index in [1.165, 1.54) is 4.90 Å². The second-order valence-corrected chi connectivity index (χ2v) is 10.4. The largest absolute Gasteiger partial charge is 0.426 e. The number of anilines is 1. The first-order valence-corrected chi connectivity index (χ1v) is 12.2. The molecule has 0 radical (unpaired) electrons. The van der Waals surface area contributed by atoms with E-state index in [4.69, 9.17) is 4.74 Å². The van der Waals surface area contributed by atoms with Crippen LogP contribution >= 0.6 is 31.9 Å². The number of amides is 2. The summed E-state index contributed by atoms with van der Waals surface area (Å²) < 4.78 is 5.44. The number of nitrogens with zero attached hydrogens (tertiary/aromatic N) is 1. The molecule has 2 saturated carbocycles. The zero-order valence-electron chi connectivity index (χ0n) is 16.4. The minimum absolute atomic E-state index is 0.126. The van der Waals surface area contributed by atoms with Crippen molar-refractivity contribution in [3.8, 4) is 5.75 Å². The van der Waals surface area contributed by atoms with Gasteiger partial charge in [-0.2, -0.15) is 0 Å². The van der Waals surface area contributed by atoms with Crippen molar-refractivity contribution in [2.45, 2.75) is 55.1 Å². The number of fused-ring (bicyclic) bond motifs is 5. The van der Waals surface area contributed by atoms with Crippen LogP contribution in [0.2, 0.25) is 0 Å². The van der Waals surface area contributed by atoms with Gasteiger partial charge in [-0.05, 0) is 36.8 Å². The van der Waals surface area contributed by atoms with Gasteiger partial charge in [-0.1, -0.05) is 64.1 Å². The van der Waals surface area contributed by atoms with Crippen molar-refractivity contribution in [3.05, 3.63) is 24.3 Å². The molecule has 5 nitrogen and oxygen atoms in total. The number of imide groups is 1. The summed E-state index contributed by atoms with van der Waals surface area (Å²) in [6.07, 6.45) is 5.32. The summed E-state index contributed by atoms with van der Waals surface area (Å²) in [6.45, 7) is 2.13. The van der Waals surface area contributed by atoms with Crippen LogP contribution in [0.4, 0.5) is 5.69 Å². The van der Waals surface area contributed by atoms with Gasteiger partial charge in [0.15, 0.2) is 0 Å². The molecule has 156 valence electrons. The fourth-order valence-corrected chi connectivity index (χ4v) is 7.04. The monoisotopic (exact) mass is 525 g/mol. The zero-order chi connectivity index (χ0) is 20.7. The fraction of sp³-hybridized carbons (Fsp3) is 0.591. The highest BCUT2D eigenvalue weighted by atomic mass is 79.9. The van der Waals surface area contributed by atoms with Crippen LogP contribution in [0.3, 0.4) is 0 Å². The number of unbranched alkanes of at least 4 members (excludes halogenated alkanes) is 3. The third-order valence-corrected chi connectivity index (χ3v) is 9.74. The maximum atomic E-state index is 13.1. The Morgan fingerprint density at radius 1 is 1.07 bits per heavy atom. The Bertz CT molecular complexity index is 797. The zero-order valence-corrected chi connectivity index (χ0v) is 19.5. The lowest BCUT2D eigenvalue weighted by Crippen LogP contribution is -2.37. The summed E-state index contributed by atoms with van der Waals surface area (Å²) in [7, 11) is 0. The van der Waals surface area contributed by atoms with E-state index in [2.05, 4.69) is 38.8 Å². The minimum Gasteiger partial charge on any atom is -0.426 e. The van der Waals surface area contributed by atoms with Gasteiger partial charge in [0.2, 0.25) is 11.8 Å². The Hall–Kier alpha value is -1.21. The van der Waals surface area contributed by atoms with Crippen molar-refractivity contribution in [3.63, 3.8) is 0 Å². The smallest absolute Gasteiger partial charge is 0.311 e.